The molecule has 0 fully saturated rings. The van der Waals surface area contributed by atoms with Gasteiger partial charge in [-0.3, -0.25) is 14.6 Å². The number of hydrogen-bond acceptors (Lipinski definition) is 3. The van der Waals surface area contributed by atoms with Gasteiger partial charge in [0.15, 0.2) is 0 Å². The van der Waals surface area contributed by atoms with Crippen molar-refractivity contribution < 1.29 is 9.59 Å². The highest BCUT2D eigenvalue weighted by Crippen LogP contribution is 2.04. The third-order valence-corrected chi connectivity index (χ3v) is 3.67. The Morgan fingerprint density at radius 3 is 1.93 bits per heavy atom. The van der Waals surface area contributed by atoms with Crippen molar-refractivity contribution in [1.29, 1.82) is 0 Å². The molecule has 1 aromatic heterocycles. The van der Waals surface area contributed by atoms with E-state index in [1.165, 1.54) is 5.56 Å². The molecular formula is C22H23N3O2. The van der Waals surface area contributed by atoms with Crippen LogP contribution in [0.15, 0.2) is 85.2 Å². The Morgan fingerprint density at radius 1 is 0.852 bits per heavy atom. The number of hydrogen-bond donors (Lipinski definition) is 2. The molecule has 138 valence electrons. The van der Waals surface area contributed by atoms with E-state index in [0.29, 0.717) is 11.3 Å². The van der Waals surface area contributed by atoms with Gasteiger partial charge in [0, 0.05) is 23.6 Å². The SMILES string of the molecule is CC(NC(=O)c1ccccc1)C(=O)Nc1ccncc1.Cc1ccccc1. The Balaban J connectivity index is 0.000000313. The molecule has 0 aliphatic rings. The smallest absolute Gasteiger partial charge is 0.251 e. The number of nitrogens with zero attached hydrogens (tertiary/aromatic N) is 1. The van der Waals surface area contributed by atoms with Crippen LogP contribution in [0.25, 0.3) is 0 Å². The lowest BCUT2D eigenvalue weighted by Crippen LogP contribution is -2.41. The van der Waals surface area contributed by atoms with E-state index in [1.54, 1.807) is 55.7 Å². The van der Waals surface area contributed by atoms with Gasteiger partial charge in [-0.2, -0.15) is 0 Å². The molecule has 0 saturated carbocycles. The minimum absolute atomic E-state index is 0.275. The third kappa shape index (κ3) is 7.12. The Morgan fingerprint density at radius 2 is 1.41 bits per heavy atom. The van der Waals surface area contributed by atoms with Crippen LogP contribution in [0.2, 0.25) is 0 Å². The van der Waals surface area contributed by atoms with Gasteiger partial charge in [0.2, 0.25) is 5.91 Å². The molecule has 1 heterocycles. The highest BCUT2D eigenvalue weighted by molar-refractivity contribution is 6.00. The molecule has 0 saturated heterocycles. The number of anilines is 1. The number of amides is 2. The van der Waals surface area contributed by atoms with Crippen LogP contribution in [-0.2, 0) is 4.79 Å². The summed E-state index contributed by atoms with van der Waals surface area (Å²) in [5.41, 5.74) is 2.49. The zero-order chi connectivity index (χ0) is 19.5. The van der Waals surface area contributed by atoms with E-state index < -0.39 is 6.04 Å². The van der Waals surface area contributed by atoms with Crippen molar-refractivity contribution in [1.82, 2.24) is 10.3 Å². The predicted molar refractivity (Wildman–Crippen MR) is 107 cm³/mol. The molecule has 0 spiro atoms. The van der Waals surface area contributed by atoms with E-state index >= 15 is 0 Å². The van der Waals surface area contributed by atoms with Crippen LogP contribution < -0.4 is 10.6 Å². The summed E-state index contributed by atoms with van der Waals surface area (Å²) in [5.74, 6) is -0.552. The number of aromatic nitrogens is 1. The Kier molecular flexibility index (Phi) is 7.72. The van der Waals surface area contributed by atoms with Gasteiger partial charge < -0.3 is 10.6 Å². The quantitative estimate of drug-likeness (QED) is 0.742. The second-order valence-electron chi connectivity index (χ2n) is 5.94. The summed E-state index contributed by atoms with van der Waals surface area (Å²) in [6, 6.07) is 21.8. The predicted octanol–water partition coefficient (Wildman–Crippen LogP) is 3.83. The lowest BCUT2D eigenvalue weighted by Gasteiger charge is -2.14. The van der Waals surface area contributed by atoms with Crippen LogP contribution in [0, 0.1) is 6.92 Å². The van der Waals surface area contributed by atoms with Gasteiger partial charge in [-0.1, -0.05) is 54.1 Å². The number of carbonyl (C=O) groups is 2. The van der Waals surface area contributed by atoms with Gasteiger partial charge in [-0.05, 0) is 38.1 Å². The van der Waals surface area contributed by atoms with E-state index in [2.05, 4.69) is 34.7 Å². The Labute approximate surface area is 159 Å². The molecule has 3 aromatic rings. The monoisotopic (exact) mass is 361 g/mol. The van der Waals surface area contributed by atoms with Crippen molar-refractivity contribution in [3.8, 4) is 0 Å². The average molecular weight is 361 g/mol. The number of nitrogens with one attached hydrogen (secondary N) is 2. The fourth-order valence-corrected chi connectivity index (χ4v) is 2.16. The fourth-order valence-electron chi connectivity index (χ4n) is 2.16. The van der Waals surface area contributed by atoms with Gasteiger partial charge >= 0.3 is 0 Å². The Hall–Kier alpha value is -3.47. The molecule has 2 aromatic carbocycles. The zero-order valence-corrected chi connectivity index (χ0v) is 15.4. The summed E-state index contributed by atoms with van der Waals surface area (Å²) >= 11 is 0. The van der Waals surface area contributed by atoms with Gasteiger partial charge in [0.05, 0.1) is 0 Å². The molecule has 5 heteroatoms. The van der Waals surface area contributed by atoms with E-state index in [1.807, 2.05) is 24.3 Å². The highest BCUT2D eigenvalue weighted by Gasteiger charge is 2.16. The van der Waals surface area contributed by atoms with Crippen molar-refractivity contribution in [3.63, 3.8) is 0 Å². The summed E-state index contributed by atoms with van der Waals surface area (Å²) in [6.45, 7) is 3.72. The second-order valence-corrected chi connectivity index (χ2v) is 5.94. The van der Waals surface area contributed by atoms with Crippen molar-refractivity contribution in [2.24, 2.45) is 0 Å². The summed E-state index contributed by atoms with van der Waals surface area (Å²) in [6.07, 6.45) is 3.17. The lowest BCUT2D eigenvalue weighted by atomic mass is 10.2. The van der Waals surface area contributed by atoms with Gasteiger partial charge in [0.1, 0.15) is 6.04 Å². The van der Waals surface area contributed by atoms with Gasteiger partial charge in [-0.25, -0.2) is 0 Å². The maximum atomic E-state index is 11.9. The van der Waals surface area contributed by atoms with E-state index in [9.17, 15) is 9.59 Å². The van der Waals surface area contributed by atoms with Crippen LogP contribution in [0.3, 0.4) is 0 Å². The maximum absolute atomic E-state index is 11.9. The van der Waals surface area contributed by atoms with Crippen molar-refractivity contribution >= 4 is 17.5 Å². The molecule has 2 N–H and O–H groups in total. The highest BCUT2D eigenvalue weighted by atomic mass is 16.2. The molecule has 2 amide bonds. The topological polar surface area (TPSA) is 71.1 Å². The van der Waals surface area contributed by atoms with Crippen LogP contribution in [-0.4, -0.2) is 22.8 Å². The summed E-state index contributed by atoms with van der Waals surface area (Å²) in [5, 5.41) is 5.35. The first-order valence-corrected chi connectivity index (χ1v) is 8.64. The zero-order valence-electron chi connectivity index (χ0n) is 15.4. The molecule has 0 aliphatic carbocycles. The van der Waals surface area contributed by atoms with Gasteiger partial charge in [0.25, 0.3) is 5.91 Å². The molecule has 0 bridgehead atoms. The first-order valence-electron chi connectivity index (χ1n) is 8.64. The number of aryl methyl sites for hydroxylation is 1. The van der Waals surface area contributed by atoms with Crippen molar-refractivity contribution in [2.45, 2.75) is 19.9 Å². The summed E-state index contributed by atoms with van der Waals surface area (Å²) in [4.78, 5) is 27.7. The number of carbonyl (C=O) groups excluding carboxylic acids is 2. The molecule has 5 nitrogen and oxygen atoms in total. The van der Waals surface area contributed by atoms with Crippen LogP contribution >= 0.6 is 0 Å². The van der Waals surface area contributed by atoms with Crippen molar-refractivity contribution in [3.05, 3.63) is 96.3 Å². The second kappa shape index (κ2) is 10.5. The van der Waals surface area contributed by atoms with E-state index in [4.69, 9.17) is 0 Å². The van der Waals surface area contributed by atoms with Crippen LogP contribution in [0.4, 0.5) is 5.69 Å². The standard InChI is InChI=1S/C15H15N3O2.C7H8/c1-11(14(19)18-13-7-9-16-10-8-13)17-15(20)12-5-3-2-4-6-12;1-7-5-3-2-4-6-7/h2-11H,1H3,(H,17,20)(H,16,18,19);2-6H,1H3. The first-order chi connectivity index (χ1) is 13.1. The number of pyridine rings is 1. The molecule has 1 atom stereocenters. The third-order valence-electron chi connectivity index (χ3n) is 3.67. The maximum Gasteiger partial charge on any atom is 0.251 e. The molecule has 3 rings (SSSR count). The fraction of sp³-hybridized carbons (Fsp3) is 0.136. The number of benzene rings is 2. The van der Waals surface area contributed by atoms with E-state index in [0.717, 1.165) is 0 Å². The van der Waals surface area contributed by atoms with Crippen LogP contribution in [0.1, 0.15) is 22.8 Å². The summed E-state index contributed by atoms with van der Waals surface area (Å²) < 4.78 is 0. The molecule has 27 heavy (non-hydrogen) atoms. The van der Waals surface area contributed by atoms with Gasteiger partial charge in [-0.15, -0.1) is 0 Å². The lowest BCUT2D eigenvalue weighted by molar-refractivity contribution is -0.117. The molecular weight excluding hydrogens is 338 g/mol. The Bertz CT molecular complexity index is 837. The molecule has 1 unspecified atom stereocenters. The average Bonchev–Trinajstić information content (AvgIpc) is 2.70. The van der Waals surface area contributed by atoms with Crippen molar-refractivity contribution in [2.75, 3.05) is 5.32 Å². The normalized spacial score (nSPS) is 10.7. The van der Waals surface area contributed by atoms with Crippen LogP contribution in [0.5, 0.6) is 0 Å². The number of rotatable bonds is 4. The molecule has 0 aliphatic heterocycles. The minimum atomic E-state index is -0.629. The summed E-state index contributed by atoms with van der Waals surface area (Å²) in [7, 11) is 0. The minimum Gasteiger partial charge on any atom is -0.341 e. The largest absolute Gasteiger partial charge is 0.341 e. The molecule has 0 radical (unpaired) electrons. The first kappa shape index (κ1) is 19.8. The van der Waals surface area contributed by atoms with E-state index in [-0.39, 0.29) is 11.8 Å².